The number of methoxy groups -OCH3 is 1. The van der Waals surface area contributed by atoms with Crippen LogP contribution in [-0.4, -0.2) is 37.6 Å². The first-order valence-electron chi connectivity index (χ1n) is 8.63. The third-order valence-corrected chi connectivity index (χ3v) is 4.87. The van der Waals surface area contributed by atoms with Crippen molar-refractivity contribution in [2.45, 2.75) is 25.4 Å². The Morgan fingerprint density at radius 1 is 1.12 bits per heavy atom. The molecule has 0 saturated carbocycles. The van der Waals surface area contributed by atoms with E-state index in [1.54, 1.807) is 7.11 Å². The maximum absolute atomic E-state index is 13.2. The van der Waals surface area contributed by atoms with Crippen LogP contribution in [0.4, 0.5) is 0 Å². The van der Waals surface area contributed by atoms with E-state index in [9.17, 15) is 4.79 Å². The molecular weight excluding hydrogens is 314 g/mol. The number of hydrogen-bond acceptors (Lipinski definition) is 3. The normalized spacial score (nSPS) is 18.0. The van der Waals surface area contributed by atoms with Crippen molar-refractivity contribution in [3.63, 3.8) is 0 Å². The molecule has 0 bridgehead atoms. The summed E-state index contributed by atoms with van der Waals surface area (Å²) >= 11 is 0. The fourth-order valence-corrected chi connectivity index (χ4v) is 3.23. The van der Waals surface area contributed by atoms with Gasteiger partial charge in [-0.3, -0.25) is 4.79 Å². The van der Waals surface area contributed by atoms with E-state index in [0.717, 1.165) is 16.9 Å². The topological polar surface area (TPSA) is 38.8 Å². The first kappa shape index (κ1) is 17.5. The van der Waals surface area contributed by atoms with Crippen LogP contribution in [0.2, 0.25) is 0 Å². The third-order valence-electron chi connectivity index (χ3n) is 4.87. The molecule has 1 heterocycles. The van der Waals surface area contributed by atoms with Crippen molar-refractivity contribution in [1.82, 2.24) is 4.90 Å². The van der Waals surface area contributed by atoms with Gasteiger partial charge in [-0.25, -0.2) is 0 Å². The van der Waals surface area contributed by atoms with Crippen molar-refractivity contribution in [1.29, 1.82) is 0 Å². The van der Waals surface area contributed by atoms with Crippen LogP contribution >= 0.6 is 0 Å². The lowest BCUT2D eigenvalue weighted by atomic mass is 9.83. The Kier molecular flexibility index (Phi) is 5.09. The number of ether oxygens (including phenoxy) is 2. The summed E-state index contributed by atoms with van der Waals surface area (Å²) < 4.78 is 11.1. The number of rotatable bonds is 4. The van der Waals surface area contributed by atoms with Gasteiger partial charge in [0.05, 0.1) is 25.7 Å². The van der Waals surface area contributed by atoms with Gasteiger partial charge in [0, 0.05) is 6.54 Å². The van der Waals surface area contributed by atoms with E-state index >= 15 is 0 Å². The first-order valence-corrected chi connectivity index (χ1v) is 8.63. The molecule has 1 aliphatic rings. The van der Waals surface area contributed by atoms with Gasteiger partial charge in [0.1, 0.15) is 11.9 Å². The average Bonchev–Trinajstić information content (AvgIpc) is 2.68. The Hall–Kier alpha value is -2.33. The van der Waals surface area contributed by atoms with Gasteiger partial charge in [-0.15, -0.1) is 0 Å². The van der Waals surface area contributed by atoms with E-state index in [0.29, 0.717) is 19.7 Å². The number of nitrogens with zero attached hydrogens (tertiary/aromatic N) is 1. The van der Waals surface area contributed by atoms with E-state index in [-0.39, 0.29) is 12.0 Å². The van der Waals surface area contributed by atoms with Crippen molar-refractivity contribution in [3.8, 4) is 5.75 Å². The van der Waals surface area contributed by atoms with Crippen LogP contribution < -0.4 is 4.74 Å². The van der Waals surface area contributed by atoms with E-state index in [1.165, 1.54) is 0 Å². The van der Waals surface area contributed by atoms with Gasteiger partial charge in [0.15, 0.2) is 0 Å². The van der Waals surface area contributed by atoms with E-state index < -0.39 is 5.41 Å². The van der Waals surface area contributed by atoms with E-state index in [1.807, 2.05) is 73.3 Å². The molecule has 1 unspecified atom stereocenters. The summed E-state index contributed by atoms with van der Waals surface area (Å²) in [6.07, 6.45) is -0.0643. The molecule has 3 rings (SSSR count). The maximum Gasteiger partial charge on any atom is 0.232 e. The zero-order chi connectivity index (χ0) is 17.9. The molecule has 4 nitrogen and oxygen atoms in total. The second-order valence-corrected chi connectivity index (χ2v) is 6.87. The summed E-state index contributed by atoms with van der Waals surface area (Å²) in [4.78, 5) is 15.1. The zero-order valence-corrected chi connectivity index (χ0v) is 15.1. The predicted molar refractivity (Wildman–Crippen MR) is 97.7 cm³/mol. The molecule has 0 spiro atoms. The number of benzene rings is 2. The van der Waals surface area contributed by atoms with Gasteiger partial charge in [-0.1, -0.05) is 42.5 Å². The van der Waals surface area contributed by atoms with Crippen molar-refractivity contribution in [2.75, 3.05) is 26.8 Å². The monoisotopic (exact) mass is 339 g/mol. The molecule has 4 heteroatoms. The van der Waals surface area contributed by atoms with Crippen LogP contribution in [0.5, 0.6) is 5.75 Å². The lowest BCUT2D eigenvalue weighted by molar-refractivity contribution is -0.144. The van der Waals surface area contributed by atoms with Crippen molar-refractivity contribution in [2.24, 2.45) is 0 Å². The highest BCUT2D eigenvalue weighted by Crippen LogP contribution is 2.30. The van der Waals surface area contributed by atoms with E-state index in [2.05, 4.69) is 0 Å². The van der Waals surface area contributed by atoms with Gasteiger partial charge in [-0.05, 0) is 37.1 Å². The Bertz CT molecular complexity index is 710. The molecule has 132 valence electrons. The Balaban J connectivity index is 1.76. The highest BCUT2D eigenvalue weighted by Gasteiger charge is 2.36. The van der Waals surface area contributed by atoms with Gasteiger partial charge in [0.2, 0.25) is 5.91 Å². The van der Waals surface area contributed by atoms with Crippen molar-refractivity contribution >= 4 is 5.91 Å². The highest BCUT2D eigenvalue weighted by molar-refractivity contribution is 5.87. The summed E-state index contributed by atoms with van der Waals surface area (Å²) in [6.45, 7) is 5.72. The second kappa shape index (κ2) is 7.28. The van der Waals surface area contributed by atoms with Crippen LogP contribution in [0.3, 0.4) is 0 Å². The van der Waals surface area contributed by atoms with Crippen molar-refractivity contribution < 1.29 is 14.3 Å². The SMILES string of the molecule is COc1ccc(C(C)(C)C(=O)N2CCOC(c3ccccc3)C2)cc1. The molecule has 1 amide bonds. The lowest BCUT2D eigenvalue weighted by Gasteiger charge is -2.38. The molecule has 1 atom stereocenters. The first-order chi connectivity index (χ1) is 12.0. The number of morpholine rings is 1. The lowest BCUT2D eigenvalue weighted by Crippen LogP contribution is -2.49. The molecule has 2 aromatic rings. The van der Waals surface area contributed by atoms with Crippen molar-refractivity contribution in [3.05, 3.63) is 65.7 Å². The molecule has 1 saturated heterocycles. The third kappa shape index (κ3) is 3.69. The number of carbonyl (C=O) groups is 1. The largest absolute Gasteiger partial charge is 0.497 e. The molecule has 0 N–H and O–H groups in total. The Labute approximate surface area is 149 Å². The molecule has 0 aliphatic carbocycles. The van der Waals surface area contributed by atoms with Gasteiger partial charge in [-0.2, -0.15) is 0 Å². The maximum atomic E-state index is 13.2. The van der Waals surface area contributed by atoms with Crippen LogP contribution in [0.25, 0.3) is 0 Å². The summed E-state index contributed by atoms with van der Waals surface area (Å²) in [6, 6.07) is 17.8. The minimum Gasteiger partial charge on any atom is -0.497 e. The van der Waals surface area contributed by atoms with Gasteiger partial charge in [0.25, 0.3) is 0 Å². The smallest absolute Gasteiger partial charge is 0.232 e. The van der Waals surface area contributed by atoms with Gasteiger partial charge < -0.3 is 14.4 Å². The predicted octanol–water partition coefficient (Wildman–Crippen LogP) is 3.57. The molecule has 2 aromatic carbocycles. The summed E-state index contributed by atoms with van der Waals surface area (Å²) in [5, 5.41) is 0. The molecular formula is C21H25NO3. The highest BCUT2D eigenvalue weighted by atomic mass is 16.5. The van der Waals surface area contributed by atoms with Crippen LogP contribution in [-0.2, 0) is 14.9 Å². The summed E-state index contributed by atoms with van der Waals surface area (Å²) in [7, 11) is 1.64. The average molecular weight is 339 g/mol. The fourth-order valence-electron chi connectivity index (χ4n) is 3.23. The molecule has 1 fully saturated rings. The Morgan fingerprint density at radius 3 is 2.44 bits per heavy atom. The summed E-state index contributed by atoms with van der Waals surface area (Å²) in [5.74, 6) is 0.921. The fraction of sp³-hybridized carbons (Fsp3) is 0.381. The minimum absolute atomic E-state index is 0.0643. The second-order valence-electron chi connectivity index (χ2n) is 6.87. The molecule has 25 heavy (non-hydrogen) atoms. The standard InChI is InChI=1S/C21H25NO3/c1-21(2,17-9-11-18(24-3)12-10-17)20(23)22-13-14-25-19(15-22)16-7-5-4-6-8-16/h4-12,19H,13-15H2,1-3H3. The zero-order valence-electron chi connectivity index (χ0n) is 15.1. The number of amides is 1. The number of carbonyl (C=O) groups excluding carboxylic acids is 1. The molecule has 0 radical (unpaired) electrons. The quantitative estimate of drug-likeness (QED) is 0.855. The minimum atomic E-state index is -0.592. The van der Waals surface area contributed by atoms with E-state index in [4.69, 9.17) is 9.47 Å². The van der Waals surface area contributed by atoms with Gasteiger partial charge >= 0.3 is 0 Å². The van der Waals surface area contributed by atoms with Crippen LogP contribution in [0.15, 0.2) is 54.6 Å². The van der Waals surface area contributed by atoms with Crippen LogP contribution in [0.1, 0.15) is 31.1 Å². The molecule has 0 aromatic heterocycles. The Morgan fingerprint density at radius 2 is 1.80 bits per heavy atom. The summed E-state index contributed by atoms with van der Waals surface area (Å²) in [5.41, 5.74) is 1.51. The number of hydrogen-bond donors (Lipinski definition) is 0. The molecule has 1 aliphatic heterocycles. The van der Waals surface area contributed by atoms with Crippen LogP contribution in [0, 0.1) is 0 Å².